The van der Waals surface area contributed by atoms with E-state index in [1.54, 1.807) is 0 Å². The Morgan fingerprint density at radius 3 is 1.36 bits per heavy atom. The Bertz CT molecular complexity index is 376. The molecule has 22 heavy (non-hydrogen) atoms. The van der Waals surface area contributed by atoms with E-state index in [0.717, 1.165) is 38.5 Å². The summed E-state index contributed by atoms with van der Waals surface area (Å²) in [6.07, 6.45) is 5.73. The minimum atomic E-state index is -1.29. The van der Waals surface area contributed by atoms with Gasteiger partial charge in [-0.3, -0.25) is 0 Å². The molecule has 7 heteroatoms. The van der Waals surface area contributed by atoms with Gasteiger partial charge < -0.3 is 5.73 Å². The van der Waals surface area contributed by atoms with Crippen molar-refractivity contribution in [2.75, 3.05) is 0 Å². The summed E-state index contributed by atoms with van der Waals surface area (Å²) in [5, 5.41) is 0. The first kappa shape index (κ1) is 22.8. The normalized spacial score (nSPS) is 11.6. The second-order valence-electron chi connectivity index (χ2n) is 4.84. The molecule has 0 aromatic heterocycles. The van der Waals surface area contributed by atoms with Crippen molar-refractivity contribution < 1.29 is 0 Å². The van der Waals surface area contributed by atoms with E-state index < -0.39 is 7.59 Å². The molecule has 0 aliphatic carbocycles. The summed E-state index contributed by atoms with van der Waals surface area (Å²) in [5.74, 6) is 11.6. The SMILES string of the molecule is NC(CCCC#CCC(Cl)(Cl)Cl)CCCC#CCC(Cl)(Cl)Cl. The van der Waals surface area contributed by atoms with Crippen molar-refractivity contribution in [3.05, 3.63) is 0 Å². The van der Waals surface area contributed by atoms with Crippen LogP contribution >= 0.6 is 69.6 Å². The molecule has 0 unspecified atom stereocenters. The van der Waals surface area contributed by atoms with Crippen molar-refractivity contribution in [1.29, 1.82) is 0 Å². The average molecular weight is 426 g/mol. The van der Waals surface area contributed by atoms with Gasteiger partial charge in [0.25, 0.3) is 0 Å². The van der Waals surface area contributed by atoms with Gasteiger partial charge in [-0.05, 0) is 25.7 Å². The summed E-state index contributed by atoms with van der Waals surface area (Å²) in [5.41, 5.74) is 6.02. The van der Waals surface area contributed by atoms with E-state index in [1.165, 1.54) is 0 Å². The molecule has 0 aliphatic heterocycles. The maximum absolute atomic E-state index is 6.02. The van der Waals surface area contributed by atoms with Crippen LogP contribution in [0.5, 0.6) is 0 Å². The maximum atomic E-state index is 6.02. The number of unbranched alkanes of at least 4 members (excludes halogenated alkanes) is 2. The van der Waals surface area contributed by atoms with E-state index >= 15 is 0 Å². The first-order valence-corrected chi connectivity index (χ1v) is 9.17. The van der Waals surface area contributed by atoms with Gasteiger partial charge in [0, 0.05) is 18.9 Å². The molecule has 0 aromatic carbocycles. The molecule has 2 N–H and O–H groups in total. The van der Waals surface area contributed by atoms with Crippen molar-refractivity contribution in [2.24, 2.45) is 5.73 Å². The van der Waals surface area contributed by atoms with Crippen LogP contribution in [0.3, 0.4) is 0 Å². The predicted molar refractivity (Wildman–Crippen MR) is 101 cm³/mol. The Balaban J connectivity index is 3.61. The molecule has 0 bridgehead atoms. The zero-order chi connectivity index (χ0) is 17.1. The van der Waals surface area contributed by atoms with Gasteiger partial charge >= 0.3 is 0 Å². The van der Waals surface area contributed by atoms with Crippen LogP contribution in [0, 0.1) is 23.7 Å². The van der Waals surface area contributed by atoms with Crippen molar-refractivity contribution in [2.45, 2.75) is 65.0 Å². The summed E-state index contributed by atoms with van der Waals surface area (Å²) >= 11 is 33.5. The largest absolute Gasteiger partial charge is 0.328 e. The van der Waals surface area contributed by atoms with Gasteiger partial charge in [0.2, 0.25) is 7.59 Å². The first-order valence-electron chi connectivity index (χ1n) is 6.91. The van der Waals surface area contributed by atoms with Crippen molar-refractivity contribution >= 4 is 69.6 Å². The summed E-state index contributed by atoms with van der Waals surface area (Å²) in [6.45, 7) is 0. The van der Waals surface area contributed by atoms with Gasteiger partial charge in [-0.1, -0.05) is 81.4 Å². The summed E-state index contributed by atoms with van der Waals surface area (Å²) < 4.78 is -2.58. The smallest absolute Gasteiger partial charge is 0.201 e. The molecule has 0 atom stereocenters. The van der Waals surface area contributed by atoms with Crippen LogP contribution in [0.25, 0.3) is 0 Å². The van der Waals surface area contributed by atoms with E-state index in [0.29, 0.717) is 0 Å². The van der Waals surface area contributed by atoms with Gasteiger partial charge in [-0.2, -0.15) is 0 Å². The van der Waals surface area contributed by atoms with E-state index in [9.17, 15) is 0 Å². The zero-order valence-electron chi connectivity index (χ0n) is 12.1. The summed E-state index contributed by atoms with van der Waals surface area (Å²) in [4.78, 5) is 0. The van der Waals surface area contributed by atoms with E-state index in [-0.39, 0.29) is 18.9 Å². The molecular formula is C15H19Cl6N. The highest BCUT2D eigenvalue weighted by Gasteiger charge is 2.17. The second kappa shape index (κ2) is 12.2. The van der Waals surface area contributed by atoms with E-state index in [4.69, 9.17) is 75.3 Å². The molecule has 0 heterocycles. The van der Waals surface area contributed by atoms with Gasteiger partial charge in [0.05, 0.1) is 12.8 Å². The fourth-order valence-electron chi connectivity index (χ4n) is 1.55. The van der Waals surface area contributed by atoms with E-state index in [2.05, 4.69) is 23.7 Å². The standard InChI is InChI=1S/C15H19Cl6N/c16-14(17,18)11-7-3-1-5-9-13(22)10-6-2-4-8-12-15(19,20)21/h13H,1-2,5-6,9-12,22H2. The number of nitrogens with two attached hydrogens (primary N) is 1. The second-order valence-corrected chi connectivity index (χ2v) is 9.87. The number of hydrogen-bond acceptors (Lipinski definition) is 1. The minimum absolute atomic E-state index is 0.157. The fraction of sp³-hybridized carbons (Fsp3) is 0.733. The Labute approximate surface area is 163 Å². The topological polar surface area (TPSA) is 26.0 Å². The molecule has 0 saturated heterocycles. The third kappa shape index (κ3) is 18.9. The lowest BCUT2D eigenvalue weighted by Crippen LogP contribution is -2.19. The first-order chi connectivity index (χ1) is 10.1. The Morgan fingerprint density at radius 1 is 0.682 bits per heavy atom. The molecule has 0 rings (SSSR count). The van der Waals surface area contributed by atoms with Crippen LogP contribution < -0.4 is 5.73 Å². The van der Waals surface area contributed by atoms with Gasteiger partial charge in [0.1, 0.15) is 0 Å². The maximum Gasteiger partial charge on any atom is 0.201 e. The average Bonchev–Trinajstić information content (AvgIpc) is 2.35. The molecule has 0 saturated carbocycles. The van der Waals surface area contributed by atoms with Crippen LogP contribution in [0.1, 0.15) is 51.4 Å². The lowest BCUT2D eigenvalue weighted by molar-refractivity contribution is 0.536. The highest BCUT2D eigenvalue weighted by molar-refractivity contribution is 6.68. The van der Waals surface area contributed by atoms with Crippen molar-refractivity contribution in [1.82, 2.24) is 0 Å². The molecule has 126 valence electrons. The monoisotopic (exact) mass is 423 g/mol. The van der Waals surface area contributed by atoms with Crippen LogP contribution in [0.15, 0.2) is 0 Å². The van der Waals surface area contributed by atoms with Gasteiger partial charge in [-0.25, -0.2) is 0 Å². The fourth-order valence-corrected chi connectivity index (χ4v) is 1.95. The molecule has 1 nitrogen and oxygen atoms in total. The molecule has 0 aromatic rings. The van der Waals surface area contributed by atoms with Crippen LogP contribution in [0.2, 0.25) is 0 Å². The lowest BCUT2D eigenvalue weighted by atomic mass is 10.0. The molecule has 0 fully saturated rings. The Hall–Kier alpha value is 0.820. The number of alkyl halides is 6. The van der Waals surface area contributed by atoms with E-state index in [1.807, 2.05) is 0 Å². The highest BCUT2D eigenvalue weighted by atomic mass is 35.6. The highest BCUT2D eigenvalue weighted by Crippen LogP contribution is 2.29. The molecule has 0 aliphatic rings. The van der Waals surface area contributed by atoms with Crippen molar-refractivity contribution in [3.63, 3.8) is 0 Å². The Kier molecular flexibility index (Phi) is 12.7. The predicted octanol–water partition coefficient (Wildman–Crippen LogP) is 6.18. The number of rotatable bonds is 6. The van der Waals surface area contributed by atoms with Crippen LogP contribution in [-0.4, -0.2) is 13.6 Å². The minimum Gasteiger partial charge on any atom is -0.328 e. The van der Waals surface area contributed by atoms with Gasteiger partial charge in [-0.15, -0.1) is 11.8 Å². The van der Waals surface area contributed by atoms with Gasteiger partial charge in [0.15, 0.2) is 0 Å². The molecular weight excluding hydrogens is 407 g/mol. The summed E-state index contributed by atoms with van der Waals surface area (Å²) in [7, 11) is 0. The Morgan fingerprint density at radius 2 is 1.05 bits per heavy atom. The van der Waals surface area contributed by atoms with Crippen LogP contribution in [0.4, 0.5) is 0 Å². The molecule has 0 radical (unpaired) electrons. The number of halogens is 6. The molecule has 0 spiro atoms. The lowest BCUT2D eigenvalue weighted by Gasteiger charge is -2.08. The zero-order valence-corrected chi connectivity index (χ0v) is 16.6. The number of hydrogen-bond donors (Lipinski definition) is 1. The van der Waals surface area contributed by atoms with Crippen LogP contribution in [-0.2, 0) is 0 Å². The third-order valence-corrected chi connectivity index (χ3v) is 3.38. The third-order valence-electron chi connectivity index (χ3n) is 2.58. The molecule has 0 amide bonds. The quantitative estimate of drug-likeness (QED) is 0.307. The van der Waals surface area contributed by atoms with Crippen molar-refractivity contribution in [3.8, 4) is 23.7 Å². The summed E-state index contributed by atoms with van der Waals surface area (Å²) in [6, 6.07) is 0.157.